The van der Waals surface area contributed by atoms with Crippen molar-refractivity contribution in [3.8, 4) is 0 Å². The molecule has 0 aliphatic carbocycles. The first-order chi connectivity index (χ1) is 6.84. The molecule has 2 aromatic heterocycles. The molecule has 0 bridgehead atoms. The molecule has 72 valence electrons. The predicted octanol–water partition coefficient (Wildman–Crippen LogP) is 1.19. The summed E-state index contributed by atoms with van der Waals surface area (Å²) < 4.78 is 2.19. The number of halogens is 1. The summed E-state index contributed by atoms with van der Waals surface area (Å²) in [5.41, 5.74) is 2.20. The molecule has 0 fully saturated rings. The third-order valence-electron chi connectivity index (χ3n) is 2.51. The van der Waals surface area contributed by atoms with E-state index in [0.29, 0.717) is 5.28 Å². The van der Waals surface area contributed by atoms with Gasteiger partial charge in [-0.25, -0.2) is 4.98 Å². The lowest BCUT2D eigenvalue weighted by atomic mass is 10.3. The molecule has 0 radical (unpaired) electrons. The molecule has 0 spiro atoms. The Morgan fingerprint density at radius 3 is 3.36 bits per heavy atom. The van der Waals surface area contributed by atoms with Crippen LogP contribution >= 0.6 is 11.6 Å². The number of rotatable bonds is 0. The molecule has 14 heavy (non-hydrogen) atoms. The van der Waals surface area contributed by atoms with E-state index in [1.165, 1.54) is 5.69 Å². The van der Waals surface area contributed by atoms with Crippen molar-refractivity contribution in [2.75, 3.05) is 6.54 Å². The summed E-state index contributed by atoms with van der Waals surface area (Å²) in [6.45, 7) is 2.83. The van der Waals surface area contributed by atoms with Crippen molar-refractivity contribution in [2.45, 2.75) is 13.1 Å². The van der Waals surface area contributed by atoms with Gasteiger partial charge in [-0.05, 0) is 17.7 Å². The molecule has 0 atom stereocenters. The molecule has 4 nitrogen and oxygen atoms in total. The minimum absolute atomic E-state index is 0.317. The molecule has 0 saturated heterocycles. The van der Waals surface area contributed by atoms with E-state index in [4.69, 9.17) is 11.6 Å². The van der Waals surface area contributed by atoms with Gasteiger partial charge >= 0.3 is 0 Å². The number of hydrogen-bond acceptors (Lipinski definition) is 3. The largest absolute Gasteiger partial charge is 0.327 e. The Morgan fingerprint density at radius 2 is 2.43 bits per heavy atom. The van der Waals surface area contributed by atoms with Crippen molar-refractivity contribution in [3.63, 3.8) is 0 Å². The Kier molecular flexibility index (Phi) is 1.72. The van der Waals surface area contributed by atoms with Crippen LogP contribution in [0.15, 0.2) is 12.3 Å². The van der Waals surface area contributed by atoms with Crippen LogP contribution in [-0.2, 0) is 13.1 Å². The van der Waals surface area contributed by atoms with Crippen LogP contribution in [0.3, 0.4) is 0 Å². The minimum Gasteiger partial charge on any atom is -0.327 e. The molecule has 0 saturated carbocycles. The van der Waals surface area contributed by atoms with E-state index in [1.807, 2.05) is 0 Å². The molecule has 2 aromatic rings. The molecule has 0 aromatic carbocycles. The molecule has 1 N–H and O–H groups in total. The van der Waals surface area contributed by atoms with E-state index < -0.39 is 0 Å². The highest BCUT2D eigenvalue weighted by Crippen LogP contribution is 2.20. The second kappa shape index (κ2) is 2.93. The van der Waals surface area contributed by atoms with Gasteiger partial charge in [-0.2, -0.15) is 4.98 Å². The third-order valence-corrected chi connectivity index (χ3v) is 2.69. The lowest BCUT2D eigenvalue weighted by Crippen LogP contribution is -2.27. The zero-order valence-electron chi connectivity index (χ0n) is 7.50. The van der Waals surface area contributed by atoms with Gasteiger partial charge in [0.2, 0.25) is 5.28 Å². The van der Waals surface area contributed by atoms with E-state index in [0.717, 1.165) is 30.7 Å². The molecule has 3 heterocycles. The fourth-order valence-corrected chi connectivity index (χ4v) is 2.00. The summed E-state index contributed by atoms with van der Waals surface area (Å²) in [5, 5.41) is 4.69. The zero-order valence-corrected chi connectivity index (χ0v) is 8.25. The first kappa shape index (κ1) is 8.20. The van der Waals surface area contributed by atoms with Gasteiger partial charge in [0.15, 0.2) is 0 Å². The van der Waals surface area contributed by atoms with Gasteiger partial charge in [0.1, 0.15) is 5.65 Å². The Balaban J connectivity index is 2.32. The highest BCUT2D eigenvalue weighted by atomic mass is 35.5. The molecule has 0 amide bonds. The van der Waals surface area contributed by atoms with Crippen LogP contribution in [0, 0.1) is 0 Å². The van der Waals surface area contributed by atoms with Crippen LogP contribution in [0.5, 0.6) is 0 Å². The third kappa shape index (κ3) is 1.11. The zero-order chi connectivity index (χ0) is 9.54. The normalized spacial score (nSPS) is 15.8. The first-order valence-corrected chi connectivity index (χ1v) is 4.94. The standard InChI is InChI=1S/C9H9ClN4/c10-9-12-4-6-3-7-5-11-1-2-14(7)8(6)13-9/h3-4,11H,1-2,5H2. The van der Waals surface area contributed by atoms with E-state index in [-0.39, 0.29) is 0 Å². The Labute approximate surface area is 85.9 Å². The topological polar surface area (TPSA) is 42.7 Å². The van der Waals surface area contributed by atoms with Gasteiger partial charge < -0.3 is 9.88 Å². The van der Waals surface area contributed by atoms with Crippen molar-refractivity contribution in [2.24, 2.45) is 0 Å². The van der Waals surface area contributed by atoms with Crippen molar-refractivity contribution < 1.29 is 0 Å². The number of fused-ring (bicyclic) bond motifs is 3. The summed E-state index contributed by atoms with van der Waals surface area (Å²) >= 11 is 5.77. The van der Waals surface area contributed by atoms with Gasteiger partial charge in [-0.1, -0.05) is 0 Å². The molecular formula is C9H9ClN4. The Bertz CT molecular complexity index is 491. The monoisotopic (exact) mass is 208 g/mol. The lowest BCUT2D eigenvalue weighted by Gasteiger charge is -2.16. The molecule has 3 rings (SSSR count). The van der Waals surface area contributed by atoms with Crippen LogP contribution in [0.25, 0.3) is 11.0 Å². The number of hydrogen-bond donors (Lipinski definition) is 1. The molecule has 5 heteroatoms. The second-order valence-corrected chi connectivity index (χ2v) is 3.72. The van der Waals surface area contributed by atoms with Crippen molar-refractivity contribution in [3.05, 3.63) is 23.2 Å². The van der Waals surface area contributed by atoms with Gasteiger partial charge in [-0.3, -0.25) is 0 Å². The van der Waals surface area contributed by atoms with E-state index >= 15 is 0 Å². The fourth-order valence-electron chi connectivity index (χ4n) is 1.88. The lowest BCUT2D eigenvalue weighted by molar-refractivity contribution is 0.524. The van der Waals surface area contributed by atoms with Crippen LogP contribution in [0.1, 0.15) is 5.69 Å². The summed E-state index contributed by atoms with van der Waals surface area (Å²) in [4.78, 5) is 8.21. The smallest absolute Gasteiger partial charge is 0.224 e. The van der Waals surface area contributed by atoms with Crippen LogP contribution < -0.4 is 5.32 Å². The number of nitrogens with zero attached hydrogens (tertiary/aromatic N) is 3. The van der Waals surface area contributed by atoms with Crippen molar-refractivity contribution in [1.82, 2.24) is 19.9 Å². The van der Waals surface area contributed by atoms with Crippen molar-refractivity contribution in [1.29, 1.82) is 0 Å². The molecular weight excluding hydrogens is 200 g/mol. The maximum absolute atomic E-state index is 5.77. The highest BCUT2D eigenvalue weighted by molar-refractivity contribution is 6.28. The second-order valence-electron chi connectivity index (χ2n) is 3.38. The minimum atomic E-state index is 0.317. The molecule has 1 aliphatic rings. The number of nitrogens with one attached hydrogen (secondary N) is 1. The average Bonchev–Trinajstić information content (AvgIpc) is 2.56. The number of aromatic nitrogens is 3. The molecule has 0 unspecified atom stereocenters. The Hall–Kier alpha value is -1.13. The van der Waals surface area contributed by atoms with Crippen LogP contribution in [0.2, 0.25) is 5.28 Å². The maximum Gasteiger partial charge on any atom is 0.224 e. The maximum atomic E-state index is 5.77. The van der Waals surface area contributed by atoms with E-state index in [2.05, 4.69) is 25.9 Å². The van der Waals surface area contributed by atoms with Crippen molar-refractivity contribution >= 4 is 22.6 Å². The van der Waals surface area contributed by atoms with Gasteiger partial charge in [-0.15, -0.1) is 0 Å². The highest BCUT2D eigenvalue weighted by Gasteiger charge is 2.13. The summed E-state index contributed by atoms with van der Waals surface area (Å²) in [5.74, 6) is 0. The van der Waals surface area contributed by atoms with Gasteiger partial charge in [0.25, 0.3) is 0 Å². The SMILES string of the molecule is Clc1ncc2cc3n(c2n1)CCNC3. The van der Waals surface area contributed by atoms with E-state index in [1.54, 1.807) is 6.20 Å². The summed E-state index contributed by atoms with van der Waals surface area (Å²) in [7, 11) is 0. The fraction of sp³-hybridized carbons (Fsp3) is 0.333. The van der Waals surface area contributed by atoms with E-state index in [9.17, 15) is 0 Å². The predicted molar refractivity (Wildman–Crippen MR) is 54.2 cm³/mol. The first-order valence-electron chi connectivity index (χ1n) is 4.56. The van der Waals surface area contributed by atoms with Gasteiger partial charge in [0, 0.05) is 36.9 Å². The van der Waals surface area contributed by atoms with Gasteiger partial charge in [0.05, 0.1) is 0 Å². The summed E-state index contributed by atoms with van der Waals surface area (Å²) in [6, 6.07) is 2.11. The average molecular weight is 209 g/mol. The summed E-state index contributed by atoms with van der Waals surface area (Å²) in [6.07, 6.45) is 1.77. The quantitative estimate of drug-likeness (QED) is 0.662. The van der Waals surface area contributed by atoms with Crippen LogP contribution in [-0.4, -0.2) is 21.1 Å². The Morgan fingerprint density at radius 1 is 1.50 bits per heavy atom. The molecule has 1 aliphatic heterocycles. The van der Waals surface area contributed by atoms with Crippen LogP contribution in [0.4, 0.5) is 0 Å².